The minimum atomic E-state index is -1.33. The van der Waals surface area contributed by atoms with E-state index in [0.717, 1.165) is 0 Å². The van der Waals surface area contributed by atoms with E-state index in [1.165, 1.54) is 0 Å². The first-order chi connectivity index (χ1) is 8.98. The van der Waals surface area contributed by atoms with Crippen LogP contribution in [0, 0.1) is 5.92 Å². The van der Waals surface area contributed by atoms with Crippen LogP contribution in [0.5, 0.6) is 0 Å². The van der Waals surface area contributed by atoms with Gasteiger partial charge in [0.05, 0.1) is 12.5 Å². The summed E-state index contributed by atoms with van der Waals surface area (Å²) in [5, 5.41) is 11.8. The summed E-state index contributed by atoms with van der Waals surface area (Å²) in [7, 11) is 0. The third kappa shape index (κ3) is 2.56. The molecule has 0 aromatic carbocycles. The minimum absolute atomic E-state index is 0.0216. The first kappa shape index (κ1) is 13.8. The summed E-state index contributed by atoms with van der Waals surface area (Å²) in [5.41, 5.74) is -1.33. The standard InChI is InChI=1S/C12H18N2O5/c1-2-14-6-8(5-9(14)15)10(16)13-12(11(17)18)3-4-19-7-12/h8H,2-7H2,1H3,(H,13,16)(H,17,18). The van der Waals surface area contributed by atoms with E-state index < -0.39 is 17.4 Å². The molecular weight excluding hydrogens is 252 g/mol. The van der Waals surface area contributed by atoms with Crippen molar-refractivity contribution >= 4 is 17.8 Å². The average Bonchev–Trinajstić information content (AvgIpc) is 2.96. The van der Waals surface area contributed by atoms with Crippen LogP contribution in [0.4, 0.5) is 0 Å². The number of likely N-dealkylation sites (tertiary alicyclic amines) is 1. The summed E-state index contributed by atoms with van der Waals surface area (Å²) in [6, 6.07) is 0. The number of hydrogen-bond acceptors (Lipinski definition) is 4. The van der Waals surface area contributed by atoms with Crippen LogP contribution in [0.25, 0.3) is 0 Å². The van der Waals surface area contributed by atoms with Gasteiger partial charge in [-0.1, -0.05) is 0 Å². The Hall–Kier alpha value is -1.63. The molecule has 7 nitrogen and oxygen atoms in total. The van der Waals surface area contributed by atoms with E-state index in [1.54, 1.807) is 4.90 Å². The number of nitrogens with one attached hydrogen (secondary N) is 1. The second-order valence-corrected chi connectivity index (χ2v) is 5.01. The maximum absolute atomic E-state index is 12.1. The van der Waals surface area contributed by atoms with Gasteiger partial charge in [-0.3, -0.25) is 9.59 Å². The molecule has 0 saturated carbocycles. The van der Waals surface area contributed by atoms with Crippen LogP contribution in [0.1, 0.15) is 19.8 Å². The number of carbonyl (C=O) groups is 3. The highest BCUT2D eigenvalue weighted by Gasteiger charge is 2.46. The molecule has 106 valence electrons. The van der Waals surface area contributed by atoms with Crippen molar-refractivity contribution in [2.24, 2.45) is 5.92 Å². The van der Waals surface area contributed by atoms with Crippen molar-refractivity contribution in [1.29, 1.82) is 0 Å². The predicted molar refractivity (Wildman–Crippen MR) is 64.3 cm³/mol. The van der Waals surface area contributed by atoms with Gasteiger partial charge in [0.15, 0.2) is 5.54 Å². The highest BCUT2D eigenvalue weighted by Crippen LogP contribution is 2.23. The van der Waals surface area contributed by atoms with Gasteiger partial charge < -0.3 is 20.1 Å². The smallest absolute Gasteiger partial charge is 0.331 e. The molecule has 0 radical (unpaired) electrons. The van der Waals surface area contributed by atoms with Crippen molar-refractivity contribution in [3.05, 3.63) is 0 Å². The Labute approximate surface area is 110 Å². The molecule has 2 fully saturated rings. The number of carboxylic acid groups (broad SMARTS) is 1. The zero-order valence-corrected chi connectivity index (χ0v) is 10.8. The summed E-state index contributed by atoms with van der Waals surface area (Å²) in [5.74, 6) is -1.99. The van der Waals surface area contributed by atoms with E-state index in [4.69, 9.17) is 4.74 Å². The molecule has 2 rings (SSSR count). The lowest BCUT2D eigenvalue weighted by atomic mass is 9.97. The topological polar surface area (TPSA) is 95.9 Å². The summed E-state index contributed by atoms with van der Waals surface area (Å²) in [6.45, 7) is 3.07. The molecule has 19 heavy (non-hydrogen) atoms. The lowest BCUT2D eigenvalue weighted by Crippen LogP contribution is -2.56. The molecule has 7 heteroatoms. The molecule has 0 aromatic rings. The van der Waals surface area contributed by atoms with Crippen LogP contribution in [0.15, 0.2) is 0 Å². The first-order valence-electron chi connectivity index (χ1n) is 6.39. The van der Waals surface area contributed by atoms with Crippen molar-refractivity contribution in [2.45, 2.75) is 25.3 Å². The van der Waals surface area contributed by atoms with E-state index in [1.807, 2.05) is 6.92 Å². The number of aliphatic carboxylic acids is 1. The van der Waals surface area contributed by atoms with Crippen LogP contribution in [-0.4, -0.2) is 59.6 Å². The van der Waals surface area contributed by atoms with Gasteiger partial charge in [-0.05, 0) is 6.92 Å². The maximum Gasteiger partial charge on any atom is 0.331 e. The molecule has 2 amide bonds. The van der Waals surface area contributed by atoms with Crippen LogP contribution in [0.2, 0.25) is 0 Å². The zero-order chi connectivity index (χ0) is 14.0. The van der Waals surface area contributed by atoms with Gasteiger partial charge in [0.25, 0.3) is 0 Å². The van der Waals surface area contributed by atoms with Crippen molar-refractivity contribution in [2.75, 3.05) is 26.3 Å². The monoisotopic (exact) mass is 270 g/mol. The number of carboxylic acids is 1. The van der Waals surface area contributed by atoms with Gasteiger partial charge >= 0.3 is 5.97 Å². The van der Waals surface area contributed by atoms with E-state index in [9.17, 15) is 19.5 Å². The van der Waals surface area contributed by atoms with E-state index in [-0.39, 0.29) is 31.3 Å². The van der Waals surface area contributed by atoms with Gasteiger partial charge in [0, 0.05) is 32.5 Å². The summed E-state index contributed by atoms with van der Waals surface area (Å²) < 4.78 is 5.08. The number of amides is 2. The molecule has 2 N–H and O–H groups in total. The van der Waals surface area contributed by atoms with Gasteiger partial charge in [0.1, 0.15) is 0 Å². The Morgan fingerprint density at radius 1 is 1.58 bits per heavy atom. The number of nitrogens with zero attached hydrogens (tertiary/aromatic N) is 1. The SMILES string of the molecule is CCN1CC(C(=O)NC2(C(=O)O)CCOC2)CC1=O. The first-order valence-corrected chi connectivity index (χ1v) is 6.39. The second-order valence-electron chi connectivity index (χ2n) is 5.01. The largest absolute Gasteiger partial charge is 0.479 e. The summed E-state index contributed by atoms with van der Waals surface area (Å²) >= 11 is 0. The Morgan fingerprint density at radius 3 is 2.79 bits per heavy atom. The predicted octanol–water partition coefficient (Wildman–Crippen LogP) is -0.785. The van der Waals surface area contributed by atoms with E-state index in [2.05, 4.69) is 5.32 Å². The fourth-order valence-corrected chi connectivity index (χ4v) is 2.48. The lowest BCUT2D eigenvalue weighted by molar-refractivity contribution is -0.148. The molecule has 0 bridgehead atoms. The maximum atomic E-state index is 12.1. The van der Waals surface area contributed by atoms with Crippen molar-refractivity contribution in [1.82, 2.24) is 10.2 Å². The van der Waals surface area contributed by atoms with Crippen molar-refractivity contribution < 1.29 is 24.2 Å². The Kier molecular flexibility index (Phi) is 3.75. The highest BCUT2D eigenvalue weighted by atomic mass is 16.5. The van der Waals surface area contributed by atoms with Gasteiger partial charge in [0.2, 0.25) is 11.8 Å². The average molecular weight is 270 g/mol. The van der Waals surface area contributed by atoms with E-state index >= 15 is 0 Å². The fraction of sp³-hybridized carbons (Fsp3) is 0.750. The zero-order valence-electron chi connectivity index (χ0n) is 10.8. The molecule has 0 aliphatic carbocycles. The molecule has 2 unspecified atom stereocenters. The highest BCUT2D eigenvalue weighted by molar-refractivity contribution is 5.92. The third-order valence-electron chi connectivity index (χ3n) is 3.76. The molecule has 2 saturated heterocycles. The Bertz CT molecular complexity index is 403. The quantitative estimate of drug-likeness (QED) is 0.698. The molecule has 2 atom stereocenters. The van der Waals surface area contributed by atoms with Crippen LogP contribution in [0.3, 0.4) is 0 Å². The summed E-state index contributed by atoms with van der Waals surface area (Å²) in [4.78, 5) is 36.6. The molecule has 2 heterocycles. The number of hydrogen-bond donors (Lipinski definition) is 2. The molecule has 0 spiro atoms. The van der Waals surface area contributed by atoms with Gasteiger partial charge in [-0.2, -0.15) is 0 Å². The van der Waals surface area contributed by atoms with Crippen molar-refractivity contribution in [3.63, 3.8) is 0 Å². The summed E-state index contributed by atoms with van der Waals surface area (Å²) in [6.07, 6.45) is 0.405. The Morgan fingerprint density at radius 2 is 2.32 bits per heavy atom. The Balaban J connectivity index is 2.01. The van der Waals surface area contributed by atoms with Crippen LogP contribution < -0.4 is 5.32 Å². The number of rotatable bonds is 4. The third-order valence-corrected chi connectivity index (χ3v) is 3.76. The molecule has 2 aliphatic rings. The van der Waals surface area contributed by atoms with Gasteiger partial charge in [-0.25, -0.2) is 4.79 Å². The molecule has 0 aromatic heterocycles. The lowest BCUT2D eigenvalue weighted by Gasteiger charge is -2.25. The fourth-order valence-electron chi connectivity index (χ4n) is 2.48. The number of carbonyl (C=O) groups excluding carboxylic acids is 2. The van der Waals surface area contributed by atoms with Crippen molar-refractivity contribution in [3.8, 4) is 0 Å². The van der Waals surface area contributed by atoms with E-state index in [0.29, 0.717) is 19.7 Å². The minimum Gasteiger partial charge on any atom is -0.479 e. The van der Waals surface area contributed by atoms with Crippen LogP contribution >= 0.6 is 0 Å². The van der Waals surface area contributed by atoms with Crippen LogP contribution in [-0.2, 0) is 19.1 Å². The second kappa shape index (κ2) is 5.16. The number of ether oxygens (including phenoxy) is 1. The van der Waals surface area contributed by atoms with Gasteiger partial charge in [-0.15, -0.1) is 0 Å². The molecular formula is C12H18N2O5. The normalized spacial score (nSPS) is 30.7. The molecule has 2 aliphatic heterocycles.